The van der Waals surface area contributed by atoms with E-state index in [1.54, 1.807) is 0 Å². The summed E-state index contributed by atoms with van der Waals surface area (Å²) in [6.07, 6.45) is 1.56. The summed E-state index contributed by atoms with van der Waals surface area (Å²) < 4.78 is 5.31. The molecule has 0 aromatic carbocycles. The van der Waals surface area contributed by atoms with Gasteiger partial charge in [0.25, 0.3) is 0 Å². The Bertz CT molecular complexity index is 332. The molecule has 0 unspecified atom stereocenters. The zero-order valence-corrected chi connectivity index (χ0v) is 7.70. The number of nitrogens with two attached hydrogens (primary N) is 1. The van der Waals surface area contributed by atoms with Crippen LogP contribution in [-0.2, 0) is 11.3 Å². The highest BCUT2D eigenvalue weighted by Gasteiger charge is 2.01. The number of hydrogen-bond acceptors (Lipinski definition) is 4. The first-order chi connectivity index (χ1) is 6.09. The molecule has 13 heavy (non-hydrogen) atoms. The molecule has 0 aliphatic rings. The van der Waals surface area contributed by atoms with E-state index >= 15 is 0 Å². The van der Waals surface area contributed by atoms with Gasteiger partial charge in [0.2, 0.25) is 0 Å². The molecule has 0 amide bonds. The number of nitrogen functional groups attached to an aromatic ring is 1. The standard InChI is InChI=1S/C8H13N3O2/c1-5(2)13-4-6-3-10-8(12)11-7(6)9/h3,5H,4H2,1-2H3,(H3,9,10,11,12). The Kier molecular flexibility index (Phi) is 3.02. The summed E-state index contributed by atoms with van der Waals surface area (Å²) in [7, 11) is 0. The lowest BCUT2D eigenvalue weighted by Crippen LogP contribution is -2.15. The SMILES string of the molecule is CC(C)OCc1cnc(=O)[nH]c1N. The number of rotatable bonds is 3. The number of aromatic nitrogens is 2. The van der Waals surface area contributed by atoms with Gasteiger partial charge in [-0.15, -0.1) is 0 Å². The van der Waals surface area contributed by atoms with Crippen molar-refractivity contribution in [1.82, 2.24) is 9.97 Å². The van der Waals surface area contributed by atoms with Crippen molar-refractivity contribution in [3.8, 4) is 0 Å². The van der Waals surface area contributed by atoms with Crippen LogP contribution in [0, 0.1) is 0 Å². The highest BCUT2D eigenvalue weighted by molar-refractivity contribution is 5.35. The van der Waals surface area contributed by atoms with Gasteiger partial charge in [-0.1, -0.05) is 0 Å². The molecule has 0 bridgehead atoms. The van der Waals surface area contributed by atoms with Crippen LogP contribution < -0.4 is 11.4 Å². The van der Waals surface area contributed by atoms with Gasteiger partial charge in [0.05, 0.1) is 12.7 Å². The Hall–Kier alpha value is -1.36. The van der Waals surface area contributed by atoms with Gasteiger partial charge in [-0.2, -0.15) is 0 Å². The molecule has 0 saturated heterocycles. The highest BCUT2D eigenvalue weighted by atomic mass is 16.5. The van der Waals surface area contributed by atoms with Crippen LogP contribution in [-0.4, -0.2) is 16.1 Å². The van der Waals surface area contributed by atoms with Crippen LogP contribution in [0.1, 0.15) is 19.4 Å². The number of nitrogens with one attached hydrogen (secondary N) is 1. The molecular formula is C8H13N3O2. The van der Waals surface area contributed by atoms with Gasteiger partial charge < -0.3 is 10.5 Å². The van der Waals surface area contributed by atoms with E-state index in [9.17, 15) is 4.79 Å². The Morgan fingerprint density at radius 1 is 1.69 bits per heavy atom. The quantitative estimate of drug-likeness (QED) is 0.705. The summed E-state index contributed by atoms with van der Waals surface area (Å²) in [5.41, 5.74) is 5.80. The molecular weight excluding hydrogens is 170 g/mol. The highest BCUT2D eigenvalue weighted by Crippen LogP contribution is 2.06. The minimum absolute atomic E-state index is 0.131. The predicted molar refractivity (Wildman–Crippen MR) is 49.2 cm³/mol. The smallest absolute Gasteiger partial charge is 0.346 e. The van der Waals surface area contributed by atoms with E-state index in [-0.39, 0.29) is 6.10 Å². The predicted octanol–water partition coefficient (Wildman–Crippen LogP) is 0.277. The van der Waals surface area contributed by atoms with E-state index in [0.717, 1.165) is 0 Å². The first kappa shape index (κ1) is 9.73. The molecule has 0 aliphatic heterocycles. The summed E-state index contributed by atoms with van der Waals surface area (Å²) in [6, 6.07) is 0. The Labute approximate surface area is 75.9 Å². The fraction of sp³-hybridized carbons (Fsp3) is 0.500. The van der Waals surface area contributed by atoms with Gasteiger partial charge in [-0.3, -0.25) is 4.98 Å². The second-order valence-corrected chi connectivity index (χ2v) is 2.99. The minimum atomic E-state index is -0.439. The summed E-state index contributed by atoms with van der Waals surface area (Å²) in [6.45, 7) is 4.22. The Balaban J connectivity index is 2.72. The molecule has 5 heteroatoms. The van der Waals surface area contributed by atoms with Crippen LogP contribution in [0.25, 0.3) is 0 Å². The maximum absolute atomic E-state index is 10.7. The number of H-pyrrole nitrogens is 1. The van der Waals surface area contributed by atoms with Crippen molar-refractivity contribution in [1.29, 1.82) is 0 Å². The van der Waals surface area contributed by atoms with E-state index in [2.05, 4.69) is 9.97 Å². The first-order valence-corrected chi connectivity index (χ1v) is 4.05. The summed E-state index contributed by atoms with van der Waals surface area (Å²) in [5, 5.41) is 0. The third-order valence-corrected chi connectivity index (χ3v) is 1.50. The number of anilines is 1. The third-order valence-electron chi connectivity index (χ3n) is 1.50. The van der Waals surface area contributed by atoms with Crippen LogP contribution in [0.3, 0.4) is 0 Å². The lowest BCUT2D eigenvalue weighted by atomic mass is 10.3. The molecule has 0 radical (unpaired) electrons. The van der Waals surface area contributed by atoms with Crippen LogP contribution in [0.15, 0.2) is 11.0 Å². The largest absolute Gasteiger partial charge is 0.385 e. The summed E-state index contributed by atoms with van der Waals surface area (Å²) in [5.74, 6) is 0.320. The zero-order chi connectivity index (χ0) is 9.84. The van der Waals surface area contributed by atoms with Crippen molar-refractivity contribution in [2.45, 2.75) is 26.6 Å². The van der Waals surface area contributed by atoms with E-state index in [1.807, 2.05) is 13.8 Å². The first-order valence-electron chi connectivity index (χ1n) is 4.05. The Morgan fingerprint density at radius 3 is 2.92 bits per heavy atom. The number of aromatic amines is 1. The number of hydrogen-bond donors (Lipinski definition) is 2. The van der Waals surface area contributed by atoms with Crippen LogP contribution in [0.4, 0.5) is 5.82 Å². The second kappa shape index (κ2) is 4.04. The van der Waals surface area contributed by atoms with Gasteiger partial charge >= 0.3 is 5.69 Å². The maximum atomic E-state index is 10.7. The van der Waals surface area contributed by atoms with Crippen LogP contribution >= 0.6 is 0 Å². The van der Waals surface area contributed by atoms with Crippen LogP contribution in [0.5, 0.6) is 0 Å². The molecule has 0 aliphatic carbocycles. The third kappa shape index (κ3) is 2.87. The van der Waals surface area contributed by atoms with Gasteiger partial charge in [0, 0.05) is 11.8 Å². The zero-order valence-electron chi connectivity index (χ0n) is 7.70. The number of nitrogens with zero attached hydrogens (tertiary/aromatic N) is 1. The van der Waals surface area contributed by atoms with Gasteiger partial charge in [0.1, 0.15) is 5.82 Å². The van der Waals surface area contributed by atoms with Crippen molar-refractivity contribution >= 4 is 5.82 Å². The topological polar surface area (TPSA) is 81.0 Å². The Morgan fingerprint density at radius 2 is 2.38 bits per heavy atom. The molecule has 1 heterocycles. The van der Waals surface area contributed by atoms with Crippen LogP contribution in [0.2, 0.25) is 0 Å². The second-order valence-electron chi connectivity index (χ2n) is 2.99. The van der Waals surface area contributed by atoms with Crippen molar-refractivity contribution < 1.29 is 4.74 Å². The molecule has 0 saturated carbocycles. The van der Waals surface area contributed by atoms with Gasteiger partial charge in [-0.25, -0.2) is 9.78 Å². The van der Waals surface area contributed by atoms with Crippen molar-refractivity contribution in [2.24, 2.45) is 0 Å². The number of ether oxygens (including phenoxy) is 1. The van der Waals surface area contributed by atoms with Crippen molar-refractivity contribution in [2.75, 3.05) is 5.73 Å². The van der Waals surface area contributed by atoms with Crippen molar-refractivity contribution in [3.05, 3.63) is 22.2 Å². The fourth-order valence-corrected chi connectivity index (χ4v) is 0.805. The minimum Gasteiger partial charge on any atom is -0.385 e. The lowest BCUT2D eigenvalue weighted by Gasteiger charge is -2.08. The average Bonchev–Trinajstić information content (AvgIpc) is 2.02. The summed E-state index contributed by atoms with van der Waals surface area (Å²) in [4.78, 5) is 16.6. The van der Waals surface area contributed by atoms with E-state index in [4.69, 9.17) is 10.5 Å². The molecule has 1 aromatic rings. The van der Waals surface area contributed by atoms with E-state index in [0.29, 0.717) is 18.0 Å². The molecule has 1 rings (SSSR count). The van der Waals surface area contributed by atoms with E-state index < -0.39 is 5.69 Å². The summed E-state index contributed by atoms with van der Waals surface area (Å²) >= 11 is 0. The van der Waals surface area contributed by atoms with E-state index in [1.165, 1.54) is 6.20 Å². The molecule has 1 aromatic heterocycles. The molecule has 0 spiro atoms. The molecule has 0 fully saturated rings. The lowest BCUT2D eigenvalue weighted by molar-refractivity contribution is 0.0657. The monoisotopic (exact) mass is 183 g/mol. The molecule has 5 nitrogen and oxygen atoms in total. The maximum Gasteiger partial charge on any atom is 0.346 e. The average molecular weight is 183 g/mol. The molecule has 72 valence electrons. The molecule has 0 atom stereocenters. The van der Waals surface area contributed by atoms with Crippen molar-refractivity contribution in [3.63, 3.8) is 0 Å². The molecule has 3 N–H and O–H groups in total. The fourth-order valence-electron chi connectivity index (χ4n) is 0.805. The van der Waals surface area contributed by atoms with Gasteiger partial charge in [-0.05, 0) is 13.8 Å². The normalized spacial score (nSPS) is 10.7. The van der Waals surface area contributed by atoms with Gasteiger partial charge in [0.15, 0.2) is 0 Å².